The third kappa shape index (κ3) is 4.67. The van der Waals surface area contributed by atoms with Gasteiger partial charge in [-0.1, -0.05) is 18.2 Å². The Kier molecular flexibility index (Phi) is 6.13. The van der Waals surface area contributed by atoms with Gasteiger partial charge in [-0.2, -0.15) is 0 Å². The van der Waals surface area contributed by atoms with Gasteiger partial charge in [-0.15, -0.1) is 0 Å². The lowest BCUT2D eigenvalue weighted by atomic mass is 10.0. The molecule has 27 heavy (non-hydrogen) atoms. The molecule has 0 saturated carbocycles. The van der Waals surface area contributed by atoms with Gasteiger partial charge >= 0.3 is 0 Å². The summed E-state index contributed by atoms with van der Waals surface area (Å²) in [5, 5.41) is 2.63. The second kappa shape index (κ2) is 8.54. The van der Waals surface area contributed by atoms with Crippen molar-refractivity contribution < 1.29 is 18.0 Å². The van der Waals surface area contributed by atoms with Crippen molar-refractivity contribution in [3.05, 3.63) is 71.0 Å². The van der Waals surface area contributed by atoms with Gasteiger partial charge in [0.05, 0.1) is 6.04 Å². The molecule has 144 valence electrons. The molecule has 0 aromatic heterocycles. The molecule has 1 atom stereocenters. The Labute approximate surface area is 156 Å². The van der Waals surface area contributed by atoms with Gasteiger partial charge < -0.3 is 10.2 Å². The molecular formula is C20H22F3N3O. The summed E-state index contributed by atoms with van der Waals surface area (Å²) in [4.78, 5) is 16.7. The molecule has 1 unspecified atom stereocenters. The summed E-state index contributed by atoms with van der Waals surface area (Å²) in [6, 6.07) is 9.20. The zero-order valence-corrected chi connectivity index (χ0v) is 15.1. The zero-order valence-electron chi connectivity index (χ0n) is 15.1. The van der Waals surface area contributed by atoms with E-state index in [1.807, 2.05) is 7.05 Å². The molecule has 1 heterocycles. The first-order valence-electron chi connectivity index (χ1n) is 8.86. The summed E-state index contributed by atoms with van der Waals surface area (Å²) in [7, 11) is 2.03. The lowest BCUT2D eigenvalue weighted by Gasteiger charge is -2.38. The van der Waals surface area contributed by atoms with Gasteiger partial charge in [-0.25, -0.2) is 13.2 Å². The average Bonchev–Trinajstić information content (AvgIpc) is 2.64. The van der Waals surface area contributed by atoms with Gasteiger partial charge in [0, 0.05) is 32.7 Å². The van der Waals surface area contributed by atoms with E-state index in [-0.39, 0.29) is 18.4 Å². The van der Waals surface area contributed by atoms with E-state index in [1.54, 1.807) is 12.1 Å². The van der Waals surface area contributed by atoms with E-state index >= 15 is 0 Å². The molecule has 2 aromatic rings. The molecule has 1 N–H and O–H groups in total. The van der Waals surface area contributed by atoms with Crippen LogP contribution in [0.25, 0.3) is 0 Å². The zero-order chi connectivity index (χ0) is 19.4. The average molecular weight is 377 g/mol. The SMILES string of the molecule is CN1CCN(C(CNC(=O)c2c(F)cccc2F)c2ccc(F)cc2)CC1. The highest BCUT2D eigenvalue weighted by Crippen LogP contribution is 2.22. The van der Waals surface area contributed by atoms with E-state index in [1.165, 1.54) is 18.2 Å². The van der Waals surface area contributed by atoms with Gasteiger partial charge in [0.2, 0.25) is 0 Å². The number of piperazine rings is 1. The number of rotatable bonds is 5. The van der Waals surface area contributed by atoms with Crippen LogP contribution in [0.5, 0.6) is 0 Å². The van der Waals surface area contributed by atoms with Crippen LogP contribution in [0.1, 0.15) is 22.0 Å². The number of nitrogens with one attached hydrogen (secondary N) is 1. The predicted octanol–water partition coefficient (Wildman–Crippen LogP) is 2.82. The van der Waals surface area contributed by atoms with E-state index in [9.17, 15) is 18.0 Å². The van der Waals surface area contributed by atoms with Gasteiger partial charge in [-0.05, 0) is 36.9 Å². The maximum absolute atomic E-state index is 13.8. The van der Waals surface area contributed by atoms with Crippen molar-refractivity contribution in [2.75, 3.05) is 39.8 Å². The Morgan fingerprint density at radius 1 is 1.00 bits per heavy atom. The van der Waals surface area contributed by atoms with Crippen LogP contribution in [0.2, 0.25) is 0 Å². The molecule has 1 aliphatic heterocycles. The van der Waals surface area contributed by atoms with Gasteiger partial charge in [0.15, 0.2) is 0 Å². The molecular weight excluding hydrogens is 355 g/mol. The molecule has 1 amide bonds. The summed E-state index contributed by atoms with van der Waals surface area (Å²) in [6.07, 6.45) is 0. The molecule has 0 bridgehead atoms. The smallest absolute Gasteiger partial charge is 0.257 e. The van der Waals surface area contributed by atoms with Crippen molar-refractivity contribution in [1.29, 1.82) is 0 Å². The molecule has 0 spiro atoms. The fraction of sp³-hybridized carbons (Fsp3) is 0.350. The van der Waals surface area contributed by atoms with Crippen molar-refractivity contribution in [2.45, 2.75) is 6.04 Å². The number of amides is 1. The maximum Gasteiger partial charge on any atom is 0.257 e. The highest BCUT2D eigenvalue weighted by molar-refractivity contribution is 5.94. The van der Waals surface area contributed by atoms with E-state index in [2.05, 4.69) is 15.1 Å². The van der Waals surface area contributed by atoms with Gasteiger partial charge in [0.1, 0.15) is 23.0 Å². The molecule has 1 aliphatic rings. The topological polar surface area (TPSA) is 35.6 Å². The molecule has 2 aromatic carbocycles. The minimum Gasteiger partial charge on any atom is -0.350 e. The fourth-order valence-corrected chi connectivity index (χ4v) is 3.27. The standard InChI is InChI=1S/C20H22F3N3O/c1-25-9-11-26(12-10-25)18(14-5-7-15(21)8-6-14)13-24-20(27)19-16(22)3-2-4-17(19)23/h2-8,18H,9-13H2,1H3,(H,24,27). The van der Waals surface area contributed by atoms with Crippen LogP contribution in [0, 0.1) is 17.5 Å². The van der Waals surface area contributed by atoms with Crippen LogP contribution in [0.4, 0.5) is 13.2 Å². The molecule has 1 saturated heterocycles. The van der Waals surface area contributed by atoms with Crippen molar-refractivity contribution in [3.63, 3.8) is 0 Å². The van der Waals surface area contributed by atoms with E-state index in [4.69, 9.17) is 0 Å². The third-order valence-corrected chi connectivity index (χ3v) is 4.88. The van der Waals surface area contributed by atoms with Crippen molar-refractivity contribution >= 4 is 5.91 Å². The first-order chi connectivity index (χ1) is 13.0. The number of halogens is 3. The summed E-state index contributed by atoms with van der Waals surface area (Å²) in [6.45, 7) is 3.47. The van der Waals surface area contributed by atoms with Crippen LogP contribution in [-0.2, 0) is 0 Å². The lowest BCUT2D eigenvalue weighted by Crippen LogP contribution is -2.48. The van der Waals surface area contributed by atoms with Gasteiger partial charge in [-0.3, -0.25) is 9.69 Å². The second-order valence-electron chi connectivity index (χ2n) is 6.71. The van der Waals surface area contributed by atoms with Crippen LogP contribution in [0.3, 0.4) is 0 Å². The molecule has 7 heteroatoms. The van der Waals surface area contributed by atoms with Crippen LogP contribution in [0.15, 0.2) is 42.5 Å². The Bertz CT molecular complexity index is 769. The number of carbonyl (C=O) groups excluding carboxylic acids is 1. The van der Waals surface area contributed by atoms with Crippen molar-refractivity contribution in [1.82, 2.24) is 15.1 Å². The minimum absolute atomic E-state index is 0.169. The quantitative estimate of drug-likeness (QED) is 0.871. The largest absolute Gasteiger partial charge is 0.350 e. The Morgan fingerprint density at radius 2 is 1.59 bits per heavy atom. The monoisotopic (exact) mass is 377 g/mol. The lowest BCUT2D eigenvalue weighted by molar-refractivity contribution is 0.0879. The van der Waals surface area contributed by atoms with E-state index < -0.39 is 23.1 Å². The first-order valence-corrected chi connectivity index (χ1v) is 8.86. The third-order valence-electron chi connectivity index (χ3n) is 4.88. The van der Waals surface area contributed by atoms with E-state index in [0.29, 0.717) is 0 Å². The number of nitrogens with zero attached hydrogens (tertiary/aromatic N) is 2. The summed E-state index contributed by atoms with van der Waals surface area (Å²) in [5.74, 6) is -2.93. The minimum atomic E-state index is -0.898. The highest BCUT2D eigenvalue weighted by atomic mass is 19.1. The van der Waals surface area contributed by atoms with Crippen molar-refractivity contribution in [3.8, 4) is 0 Å². The van der Waals surface area contributed by atoms with Crippen molar-refractivity contribution in [2.24, 2.45) is 0 Å². The Morgan fingerprint density at radius 3 is 2.19 bits per heavy atom. The number of carbonyl (C=O) groups is 1. The molecule has 3 rings (SSSR count). The fourth-order valence-electron chi connectivity index (χ4n) is 3.27. The highest BCUT2D eigenvalue weighted by Gasteiger charge is 2.25. The number of hydrogen-bond acceptors (Lipinski definition) is 3. The summed E-state index contributed by atoms with van der Waals surface area (Å²) < 4.78 is 41.0. The predicted molar refractivity (Wildman–Crippen MR) is 96.9 cm³/mol. The molecule has 4 nitrogen and oxygen atoms in total. The maximum atomic E-state index is 13.8. The number of likely N-dealkylation sites (N-methyl/N-ethyl adjacent to an activating group) is 1. The second-order valence-corrected chi connectivity index (χ2v) is 6.71. The summed E-state index contributed by atoms with van der Waals surface area (Å²) in [5.41, 5.74) is 0.254. The summed E-state index contributed by atoms with van der Waals surface area (Å²) >= 11 is 0. The Hall–Kier alpha value is -2.38. The molecule has 0 radical (unpaired) electrons. The Balaban J connectivity index is 1.77. The van der Waals surface area contributed by atoms with Gasteiger partial charge in [0.25, 0.3) is 5.91 Å². The molecule has 0 aliphatic carbocycles. The molecule has 1 fully saturated rings. The number of benzene rings is 2. The van der Waals surface area contributed by atoms with Crippen LogP contribution in [-0.4, -0.2) is 55.5 Å². The number of hydrogen-bond donors (Lipinski definition) is 1. The normalized spacial score (nSPS) is 16.9. The van der Waals surface area contributed by atoms with Crippen LogP contribution >= 0.6 is 0 Å². The van der Waals surface area contributed by atoms with Crippen LogP contribution < -0.4 is 5.32 Å². The first kappa shape index (κ1) is 19.4. The van der Waals surface area contributed by atoms with E-state index in [0.717, 1.165) is 43.9 Å².